The Labute approximate surface area is 142 Å². The highest BCUT2D eigenvalue weighted by molar-refractivity contribution is 7.07. The quantitative estimate of drug-likeness (QED) is 0.463. The highest BCUT2D eigenvalue weighted by Gasteiger charge is 2.06. The van der Waals surface area contributed by atoms with Gasteiger partial charge in [-0.1, -0.05) is 32.0 Å². The molecule has 0 fully saturated rings. The van der Waals surface area contributed by atoms with Gasteiger partial charge in [-0.05, 0) is 39.9 Å². The van der Waals surface area contributed by atoms with Crippen LogP contribution in [0.2, 0.25) is 0 Å². The van der Waals surface area contributed by atoms with Gasteiger partial charge in [0.25, 0.3) is 0 Å². The second-order valence-corrected chi connectivity index (χ2v) is 6.31. The van der Waals surface area contributed by atoms with Crippen LogP contribution in [0.15, 0.2) is 46.1 Å². The van der Waals surface area contributed by atoms with E-state index >= 15 is 0 Å². The molecule has 1 heterocycles. The largest absolute Gasteiger partial charge is 0.491 e. The zero-order valence-corrected chi connectivity index (χ0v) is 14.8. The van der Waals surface area contributed by atoms with Crippen molar-refractivity contribution in [2.45, 2.75) is 26.3 Å². The number of nitrogens with zero attached hydrogens (tertiary/aromatic N) is 1. The number of hydrogen-bond donors (Lipinski definition) is 2. The molecule has 0 amide bonds. The smallest absolute Gasteiger partial charge is 0.191 e. The van der Waals surface area contributed by atoms with E-state index in [1.165, 1.54) is 11.1 Å². The average molecular weight is 331 g/mol. The molecule has 0 aliphatic carbocycles. The maximum atomic E-state index is 5.90. The van der Waals surface area contributed by atoms with Gasteiger partial charge in [-0.25, -0.2) is 0 Å². The minimum atomic E-state index is 0.458. The number of ether oxygens (including phenoxy) is 1. The van der Waals surface area contributed by atoms with Crippen LogP contribution in [-0.4, -0.2) is 26.2 Å². The molecule has 0 saturated heterocycles. The molecule has 4 nitrogen and oxygen atoms in total. The molecular weight excluding hydrogens is 306 g/mol. The molecule has 0 aliphatic rings. The maximum Gasteiger partial charge on any atom is 0.191 e. The lowest BCUT2D eigenvalue weighted by molar-refractivity contribution is 0.317. The van der Waals surface area contributed by atoms with E-state index in [1.54, 1.807) is 18.4 Å². The molecule has 0 unspecified atom stereocenters. The number of thiophene rings is 1. The molecule has 0 aliphatic heterocycles. The Morgan fingerprint density at radius 3 is 2.74 bits per heavy atom. The van der Waals surface area contributed by atoms with Crippen molar-refractivity contribution in [1.82, 2.24) is 10.6 Å². The first-order valence-corrected chi connectivity index (χ1v) is 8.82. The van der Waals surface area contributed by atoms with Crippen molar-refractivity contribution in [2.24, 2.45) is 4.99 Å². The van der Waals surface area contributed by atoms with Crippen LogP contribution in [0.1, 0.15) is 30.9 Å². The van der Waals surface area contributed by atoms with E-state index in [0.717, 1.165) is 18.3 Å². The molecule has 1 aromatic heterocycles. The Morgan fingerprint density at radius 2 is 2.04 bits per heavy atom. The van der Waals surface area contributed by atoms with Crippen LogP contribution in [0.4, 0.5) is 0 Å². The average Bonchev–Trinajstić information content (AvgIpc) is 3.08. The van der Waals surface area contributed by atoms with Gasteiger partial charge < -0.3 is 15.4 Å². The standard InChI is InChI=1S/C18H25N3OS/c1-14(2)16-6-4-5-7-17(16)22-10-9-20-18(19-3)21-12-15-8-11-23-13-15/h4-8,11,13-14H,9-10,12H2,1-3H3,(H2,19,20,21). The number of benzene rings is 1. The fraction of sp³-hybridized carbons (Fsp3) is 0.389. The normalized spacial score (nSPS) is 11.6. The van der Waals surface area contributed by atoms with Crippen molar-refractivity contribution in [2.75, 3.05) is 20.2 Å². The zero-order chi connectivity index (χ0) is 16.5. The summed E-state index contributed by atoms with van der Waals surface area (Å²) in [5.41, 5.74) is 2.51. The van der Waals surface area contributed by atoms with Crippen LogP contribution in [0, 0.1) is 0 Å². The van der Waals surface area contributed by atoms with Crippen LogP contribution in [0.5, 0.6) is 5.75 Å². The van der Waals surface area contributed by atoms with Gasteiger partial charge in [-0.2, -0.15) is 11.3 Å². The number of para-hydroxylation sites is 1. The van der Waals surface area contributed by atoms with Crippen LogP contribution in [-0.2, 0) is 6.54 Å². The number of aliphatic imine (C=N–C) groups is 1. The number of hydrogen-bond acceptors (Lipinski definition) is 3. The SMILES string of the molecule is CN=C(NCCOc1ccccc1C(C)C)NCc1ccsc1. The van der Waals surface area contributed by atoms with Gasteiger partial charge in [0, 0.05) is 13.6 Å². The molecule has 124 valence electrons. The Morgan fingerprint density at radius 1 is 1.22 bits per heavy atom. The third-order valence-corrected chi connectivity index (χ3v) is 4.19. The van der Waals surface area contributed by atoms with Crippen molar-refractivity contribution in [3.63, 3.8) is 0 Å². The van der Waals surface area contributed by atoms with Gasteiger partial charge in [-0.3, -0.25) is 4.99 Å². The summed E-state index contributed by atoms with van der Waals surface area (Å²) < 4.78 is 5.90. The molecule has 0 atom stereocenters. The van der Waals surface area contributed by atoms with Crippen molar-refractivity contribution in [1.29, 1.82) is 0 Å². The molecule has 0 radical (unpaired) electrons. The second kappa shape index (κ2) is 9.20. The summed E-state index contributed by atoms with van der Waals surface area (Å²) in [6, 6.07) is 10.3. The summed E-state index contributed by atoms with van der Waals surface area (Å²) in [5.74, 6) is 2.21. The zero-order valence-electron chi connectivity index (χ0n) is 14.0. The second-order valence-electron chi connectivity index (χ2n) is 5.53. The van der Waals surface area contributed by atoms with Crippen LogP contribution >= 0.6 is 11.3 Å². The Balaban J connectivity index is 1.74. The predicted octanol–water partition coefficient (Wildman–Crippen LogP) is 3.62. The molecule has 23 heavy (non-hydrogen) atoms. The summed E-state index contributed by atoms with van der Waals surface area (Å²) in [6.07, 6.45) is 0. The monoisotopic (exact) mass is 331 g/mol. The molecule has 2 N–H and O–H groups in total. The van der Waals surface area contributed by atoms with E-state index in [-0.39, 0.29) is 0 Å². The Kier molecular flexibility index (Phi) is 6.94. The van der Waals surface area contributed by atoms with Gasteiger partial charge in [0.15, 0.2) is 5.96 Å². The summed E-state index contributed by atoms with van der Waals surface area (Å²) in [7, 11) is 1.78. The van der Waals surface area contributed by atoms with E-state index in [1.807, 2.05) is 12.1 Å². The summed E-state index contributed by atoms with van der Waals surface area (Å²) in [4.78, 5) is 4.22. The van der Waals surface area contributed by atoms with Crippen LogP contribution < -0.4 is 15.4 Å². The Bertz CT molecular complexity index is 608. The van der Waals surface area contributed by atoms with Gasteiger partial charge in [0.2, 0.25) is 0 Å². The van der Waals surface area contributed by atoms with Crippen LogP contribution in [0.25, 0.3) is 0 Å². The third-order valence-electron chi connectivity index (χ3n) is 3.46. The molecule has 0 spiro atoms. The minimum Gasteiger partial charge on any atom is -0.491 e. The number of nitrogens with one attached hydrogen (secondary N) is 2. The lowest BCUT2D eigenvalue weighted by atomic mass is 10.0. The van der Waals surface area contributed by atoms with Crippen molar-refractivity contribution in [3.05, 3.63) is 52.2 Å². The first-order valence-electron chi connectivity index (χ1n) is 7.88. The lowest BCUT2D eigenvalue weighted by Crippen LogP contribution is -2.38. The maximum absolute atomic E-state index is 5.90. The molecule has 2 aromatic rings. The van der Waals surface area contributed by atoms with Gasteiger partial charge in [0.05, 0.1) is 6.54 Å². The summed E-state index contributed by atoms with van der Waals surface area (Å²) >= 11 is 1.70. The third kappa shape index (κ3) is 5.60. The van der Waals surface area contributed by atoms with Crippen LogP contribution in [0.3, 0.4) is 0 Å². The first kappa shape index (κ1) is 17.3. The molecule has 1 aromatic carbocycles. The summed E-state index contributed by atoms with van der Waals surface area (Å²) in [5, 5.41) is 10.8. The van der Waals surface area contributed by atoms with Crippen molar-refractivity contribution in [3.8, 4) is 5.75 Å². The molecule has 2 rings (SSSR count). The van der Waals surface area contributed by atoms with Gasteiger partial charge >= 0.3 is 0 Å². The minimum absolute atomic E-state index is 0.458. The fourth-order valence-electron chi connectivity index (χ4n) is 2.22. The molecule has 0 saturated carbocycles. The summed E-state index contributed by atoms with van der Waals surface area (Å²) in [6.45, 7) is 6.44. The molecule has 5 heteroatoms. The highest BCUT2D eigenvalue weighted by atomic mass is 32.1. The molecular formula is C18H25N3OS. The van der Waals surface area contributed by atoms with Crippen molar-refractivity contribution >= 4 is 17.3 Å². The molecule has 0 bridgehead atoms. The lowest BCUT2D eigenvalue weighted by Gasteiger charge is -2.15. The number of guanidine groups is 1. The van der Waals surface area contributed by atoms with E-state index in [2.05, 4.69) is 58.4 Å². The highest BCUT2D eigenvalue weighted by Crippen LogP contribution is 2.25. The fourth-order valence-corrected chi connectivity index (χ4v) is 2.89. The topological polar surface area (TPSA) is 45.7 Å². The van der Waals surface area contributed by atoms with E-state index in [0.29, 0.717) is 19.1 Å². The van der Waals surface area contributed by atoms with Gasteiger partial charge in [-0.15, -0.1) is 0 Å². The van der Waals surface area contributed by atoms with Gasteiger partial charge in [0.1, 0.15) is 12.4 Å². The first-order chi connectivity index (χ1) is 11.2. The number of rotatable bonds is 7. The van der Waals surface area contributed by atoms with E-state index in [9.17, 15) is 0 Å². The van der Waals surface area contributed by atoms with Crippen molar-refractivity contribution < 1.29 is 4.74 Å². The predicted molar refractivity (Wildman–Crippen MR) is 98.5 cm³/mol. The Hall–Kier alpha value is -2.01. The van der Waals surface area contributed by atoms with E-state index < -0.39 is 0 Å². The van der Waals surface area contributed by atoms with E-state index in [4.69, 9.17) is 4.74 Å².